The van der Waals surface area contributed by atoms with Crippen LogP contribution in [0.2, 0.25) is 0 Å². The lowest BCUT2D eigenvalue weighted by atomic mass is 9.88. The first-order chi connectivity index (χ1) is 13.3. The molecule has 2 aliphatic rings. The van der Waals surface area contributed by atoms with Gasteiger partial charge in [-0.1, -0.05) is 31.4 Å². The summed E-state index contributed by atoms with van der Waals surface area (Å²) in [6.45, 7) is 2.74. The Morgan fingerprint density at radius 3 is 2.74 bits per heavy atom. The van der Waals surface area contributed by atoms with Gasteiger partial charge in [-0.05, 0) is 18.9 Å². The summed E-state index contributed by atoms with van der Waals surface area (Å²) in [7, 11) is 3.38. The van der Waals surface area contributed by atoms with Gasteiger partial charge in [0, 0.05) is 55.0 Å². The minimum Gasteiger partial charge on any atom is -0.493 e. The Labute approximate surface area is 161 Å². The van der Waals surface area contributed by atoms with Crippen molar-refractivity contribution >= 4 is 0 Å². The molecule has 1 aliphatic carbocycles. The maximum Gasteiger partial charge on any atom is 0.165 e. The van der Waals surface area contributed by atoms with E-state index in [0.29, 0.717) is 5.92 Å². The van der Waals surface area contributed by atoms with E-state index < -0.39 is 0 Å². The van der Waals surface area contributed by atoms with Gasteiger partial charge in [-0.25, -0.2) is 9.97 Å². The molecule has 0 spiro atoms. The average Bonchev–Trinajstić information content (AvgIpc) is 2.73. The quantitative estimate of drug-likeness (QED) is 0.796. The first-order valence-corrected chi connectivity index (χ1v) is 10.1. The summed E-state index contributed by atoms with van der Waals surface area (Å²) in [5, 5.41) is 0. The SMILES string of the molecule is COc1cccc(CN2CCc3nc(C4CCCCC4)ncc3C2)c1OC. The number of para-hydroxylation sites is 1. The fourth-order valence-electron chi connectivity index (χ4n) is 4.40. The molecule has 1 aliphatic heterocycles. The van der Waals surface area contributed by atoms with Crippen LogP contribution in [0.25, 0.3) is 0 Å². The van der Waals surface area contributed by atoms with Crippen LogP contribution in [-0.2, 0) is 19.5 Å². The van der Waals surface area contributed by atoms with Crippen LogP contribution < -0.4 is 9.47 Å². The van der Waals surface area contributed by atoms with Crippen LogP contribution in [0, 0.1) is 0 Å². The largest absolute Gasteiger partial charge is 0.493 e. The summed E-state index contributed by atoms with van der Waals surface area (Å²) in [4.78, 5) is 12.1. The summed E-state index contributed by atoms with van der Waals surface area (Å²) >= 11 is 0. The van der Waals surface area contributed by atoms with E-state index in [9.17, 15) is 0 Å². The summed E-state index contributed by atoms with van der Waals surface area (Å²) < 4.78 is 11.0. The van der Waals surface area contributed by atoms with Gasteiger partial charge in [0.15, 0.2) is 11.5 Å². The van der Waals surface area contributed by atoms with Crippen molar-refractivity contribution < 1.29 is 9.47 Å². The molecule has 5 heteroatoms. The number of aromatic nitrogens is 2. The molecule has 1 saturated carbocycles. The second-order valence-electron chi connectivity index (χ2n) is 7.65. The third-order valence-electron chi connectivity index (χ3n) is 5.88. The molecule has 4 rings (SSSR count). The highest BCUT2D eigenvalue weighted by atomic mass is 16.5. The number of nitrogens with zero attached hydrogens (tertiary/aromatic N) is 3. The van der Waals surface area contributed by atoms with Gasteiger partial charge >= 0.3 is 0 Å². The zero-order chi connectivity index (χ0) is 18.6. The van der Waals surface area contributed by atoms with Crippen molar-refractivity contribution in [2.75, 3.05) is 20.8 Å². The lowest BCUT2D eigenvalue weighted by Gasteiger charge is -2.29. The van der Waals surface area contributed by atoms with Crippen LogP contribution in [-0.4, -0.2) is 35.6 Å². The first kappa shape index (κ1) is 18.2. The van der Waals surface area contributed by atoms with Crippen LogP contribution >= 0.6 is 0 Å². The van der Waals surface area contributed by atoms with E-state index in [1.165, 1.54) is 43.4 Å². The van der Waals surface area contributed by atoms with Crippen molar-refractivity contribution in [1.82, 2.24) is 14.9 Å². The molecular weight excluding hydrogens is 338 g/mol. The zero-order valence-electron chi connectivity index (χ0n) is 16.4. The highest BCUT2D eigenvalue weighted by Crippen LogP contribution is 2.33. The van der Waals surface area contributed by atoms with E-state index in [2.05, 4.69) is 17.2 Å². The van der Waals surface area contributed by atoms with Gasteiger partial charge in [0.2, 0.25) is 0 Å². The number of hydrogen-bond donors (Lipinski definition) is 0. The molecule has 2 heterocycles. The monoisotopic (exact) mass is 367 g/mol. The molecule has 1 fully saturated rings. The molecule has 27 heavy (non-hydrogen) atoms. The average molecular weight is 367 g/mol. The molecule has 1 aromatic carbocycles. The molecule has 1 aromatic heterocycles. The van der Waals surface area contributed by atoms with E-state index in [4.69, 9.17) is 19.4 Å². The van der Waals surface area contributed by atoms with E-state index in [0.717, 1.165) is 48.9 Å². The highest BCUT2D eigenvalue weighted by molar-refractivity contribution is 5.46. The molecule has 0 N–H and O–H groups in total. The summed E-state index contributed by atoms with van der Waals surface area (Å²) in [6.07, 6.45) is 9.57. The molecular formula is C22H29N3O2. The fourth-order valence-corrected chi connectivity index (χ4v) is 4.40. The molecule has 0 radical (unpaired) electrons. The van der Waals surface area contributed by atoms with E-state index in [1.807, 2.05) is 12.1 Å². The fraction of sp³-hybridized carbons (Fsp3) is 0.545. The molecule has 5 nitrogen and oxygen atoms in total. The second kappa shape index (κ2) is 8.26. The van der Waals surface area contributed by atoms with Crippen molar-refractivity contribution in [3.05, 3.63) is 47.0 Å². The molecule has 0 saturated heterocycles. The third kappa shape index (κ3) is 3.93. The van der Waals surface area contributed by atoms with E-state index in [1.54, 1.807) is 14.2 Å². The second-order valence-corrected chi connectivity index (χ2v) is 7.65. The van der Waals surface area contributed by atoms with Crippen LogP contribution in [0.4, 0.5) is 0 Å². The maximum absolute atomic E-state index is 5.58. The molecule has 0 amide bonds. The first-order valence-electron chi connectivity index (χ1n) is 10.1. The van der Waals surface area contributed by atoms with Crippen LogP contribution in [0.5, 0.6) is 11.5 Å². The van der Waals surface area contributed by atoms with Crippen molar-refractivity contribution in [2.24, 2.45) is 0 Å². The van der Waals surface area contributed by atoms with E-state index >= 15 is 0 Å². The zero-order valence-corrected chi connectivity index (χ0v) is 16.4. The normalized spacial score (nSPS) is 18.1. The van der Waals surface area contributed by atoms with Crippen LogP contribution in [0.3, 0.4) is 0 Å². The highest BCUT2D eigenvalue weighted by Gasteiger charge is 2.23. The Hall–Kier alpha value is -2.14. The van der Waals surface area contributed by atoms with E-state index in [-0.39, 0.29) is 0 Å². The molecule has 2 aromatic rings. The number of ether oxygens (including phenoxy) is 2. The molecule has 144 valence electrons. The van der Waals surface area contributed by atoms with Crippen molar-refractivity contribution in [2.45, 2.75) is 57.5 Å². The summed E-state index contributed by atoms with van der Waals surface area (Å²) in [5.41, 5.74) is 3.67. The van der Waals surface area contributed by atoms with Crippen LogP contribution in [0.15, 0.2) is 24.4 Å². The summed E-state index contributed by atoms with van der Waals surface area (Å²) in [6, 6.07) is 6.07. The predicted molar refractivity (Wildman–Crippen MR) is 105 cm³/mol. The molecule has 0 bridgehead atoms. The Kier molecular flexibility index (Phi) is 5.58. The standard InChI is InChI=1S/C22H29N3O2/c1-26-20-10-6-9-17(21(20)27-2)14-25-12-11-19-18(15-25)13-23-22(24-19)16-7-4-3-5-8-16/h6,9-10,13,16H,3-5,7-8,11-12,14-15H2,1-2H3. The minimum atomic E-state index is 0.572. The number of hydrogen-bond acceptors (Lipinski definition) is 5. The van der Waals surface area contributed by atoms with Crippen molar-refractivity contribution in [1.29, 1.82) is 0 Å². The lowest BCUT2D eigenvalue weighted by molar-refractivity contribution is 0.237. The Balaban J connectivity index is 1.47. The Morgan fingerprint density at radius 1 is 1.11 bits per heavy atom. The Bertz CT molecular complexity index is 787. The number of benzene rings is 1. The summed E-state index contributed by atoms with van der Waals surface area (Å²) in [5.74, 6) is 3.27. The van der Waals surface area contributed by atoms with Crippen molar-refractivity contribution in [3.63, 3.8) is 0 Å². The number of rotatable bonds is 5. The van der Waals surface area contributed by atoms with Gasteiger partial charge < -0.3 is 9.47 Å². The minimum absolute atomic E-state index is 0.572. The number of methoxy groups -OCH3 is 2. The Morgan fingerprint density at radius 2 is 1.96 bits per heavy atom. The predicted octanol–water partition coefficient (Wildman–Crippen LogP) is 4.10. The van der Waals surface area contributed by atoms with Crippen LogP contribution in [0.1, 0.15) is 60.7 Å². The van der Waals surface area contributed by atoms with Gasteiger partial charge in [0.1, 0.15) is 5.82 Å². The van der Waals surface area contributed by atoms with Gasteiger partial charge in [-0.15, -0.1) is 0 Å². The molecule has 0 atom stereocenters. The smallest absolute Gasteiger partial charge is 0.165 e. The molecule has 0 unspecified atom stereocenters. The van der Waals surface area contributed by atoms with Gasteiger partial charge in [0.05, 0.1) is 14.2 Å². The number of fused-ring (bicyclic) bond motifs is 1. The van der Waals surface area contributed by atoms with Gasteiger partial charge in [-0.2, -0.15) is 0 Å². The van der Waals surface area contributed by atoms with Gasteiger partial charge in [0.25, 0.3) is 0 Å². The van der Waals surface area contributed by atoms with Gasteiger partial charge in [-0.3, -0.25) is 4.90 Å². The maximum atomic E-state index is 5.58. The third-order valence-corrected chi connectivity index (χ3v) is 5.88. The lowest BCUT2D eigenvalue weighted by Crippen LogP contribution is -2.31. The topological polar surface area (TPSA) is 47.5 Å². The van der Waals surface area contributed by atoms with Crippen molar-refractivity contribution in [3.8, 4) is 11.5 Å².